The van der Waals surface area contributed by atoms with Gasteiger partial charge in [-0.1, -0.05) is 72.8 Å². The van der Waals surface area contributed by atoms with Crippen LogP contribution in [0.1, 0.15) is 22.3 Å². The van der Waals surface area contributed by atoms with Gasteiger partial charge in [0.15, 0.2) is 11.5 Å². The number of allylic oxidation sites excluding steroid dienone is 1. The lowest BCUT2D eigenvalue weighted by Gasteiger charge is -2.23. The molecule has 2 amide bonds. The van der Waals surface area contributed by atoms with Crippen molar-refractivity contribution in [1.82, 2.24) is 9.47 Å². The molecule has 8 rings (SSSR count). The van der Waals surface area contributed by atoms with E-state index in [2.05, 4.69) is 9.47 Å². The molecule has 0 atom stereocenters. The number of aryl methyl sites for hydroxylation is 1. The molecule has 0 fully saturated rings. The van der Waals surface area contributed by atoms with Crippen LogP contribution in [-0.2, 0) is 6.54 Å². The van der Waals surface area contributed by atoms with Crippen molar-refractivity contribution >= 4 is 57.7 Å². The summed E-state index contributed by atoms with van der Waals surface area (Å²) in [5.41, 5.74) is 3.91. The van der Waals surface area contributed by atoms with Gasteiger partial charge >= 0.3 is 12.2 Å². The molecule has 300 valence electrons. The molecule has 0 N–H and O–H groups in total. The van der Waals surface area contributed by atoms with Crippen LogP contribution in [0.4, 0.5) is 32.3 Å². The van der Waals surface area contributed by atoms with E-state index in [0.29, 0.717) is 28.5 Å². The third-order valence-corrected chi connectivity index (χ3v) is 9.95. The second-order valence-electron chi connectivity index (χ2n) is 14.3. The lowest BCUT2D eigenvalue weighted by atomic mass is 10.1. The number of fused-ring (bicyclic) bond motifs is 2. The standard InChI is InChI=1S/C49H42N4O7/c1-50(2)27-16-28-51-33-34(41-30-39(57-3)25-26-42(41)51)29-45-47(54)46-43(59-45)31-40(58-48(55)52(35-17-8-4-9-18-35)36-19-10-5-11-20-36)32-44(46)60-49(56)53(37-21-12-6-13-22-37)38-23-14-7-15-24-38/h4-15,17-26,29-33H,16,27-28H2,1-3H3/b45-29-. The number of aromatic nitrogens is 1. The van der Waals surface area contributed by atoms with Crippen LogP contribution >= 0.6 is 0 Å². The van der Waals surface area contributed by atoms with Crippen molar-refractivity contribution in [3.05, 3.63) is 175 Å². The monoisotopic (exact) mass is 798 g/mol. The Labute approximate surface area is 347 Å². The van der Waals surface area contributed by atoms with Crippen molar-refractivity contribution < 1.29 is 33.3 Å². The number of carbonyl (C=O) groups excluding carboxylic acids is 3. The Bertz CT molecular complexity index is 2600. The third-order valence-electron chi connectivity index (χ3n) is 9.95. The van der Waals surface area contributed by atoms with E-state index in [9.17, 15) is 14.4 Å². The number of rotatable bonds is 12. The fraction of sp³-hybridized carbons (Fsp3) is 0.122. The number of ketones is 1. The molecular formula is C49H42N4O7. The van der Waals surface area contributed by atoms with Gasteiger partial charge in [0.25, 0.3) is 0 Å². The Balaban J connectivity index is 1.20. The summed E-state index contributed by atoms with van der Waals surface area (Å²) in [7, 11) is 5.68. The molecule has 0 bridgehead atoms. The first kappa shape index (κ1) is 39.2. The number of amides is 2. The molecule has 0 saturated heterocycles. The highest BCUT2D eigenvalue weighted by Crippen LogP contribution is 2.43. The van der Waals surface area contributed by atoms with Crippen LogP contribution in [0.25, 0.3) is 17.0 Å². The predicted molar refractivity (Wildman–Crippen MR) is 233 cm³/mol. The number of anilines is 4. The van der Waals surface area contributed by atoms with Gasteiger partial charge < -0.3 is 28.4 Å². The van der Waals surface area contributed by atoms with E-state index in [-0.39, 0.29) is 28.6 Å². The van der Waals surface area contributed by atoms with Gasteiger partial charge in [0.1, 0.15) is 22.8 Å². The molecule has 60 heavy (non-hydrogen) atoms. The summed E-state index contributed by atoms with van der Waals surface area (Å²) in [4.78, 5) is 47.9. The van der Waals surface area contributed by atoms with Gasteiger partial charge in [-0.15, -0.1) is 0 Å². The molecule has 1 aliphatic heterocycles. The highest BCUT2D eigenvalue weighted by molar-refractivity contribution is 6.17. The van der Waals surface area contributed by atoms with E-state index >= 15 is 0 Å². The van der Waals surface area contributed by atoms with Gasteiger partial charge in [-0.25, -0.2) is 19.4 Å². The number of ether oxygens (including phenoxy) is 4. The molecule has 2 heterocycles. The molecule has 11 heteroatoms. The zero-order valence-corrected chi connectivity index (χ0v) is 33.4. The minimum atomic E-state index is -0.800. The summed E-state index contributed by atoms with van der Waals surface area (Å²) in [5, 5.41) is 0.864. The Morgan fingerprint density at radius 3 is 1.72 bits per heavy atom. The van der Waals surface area contributed by atoms with Crippen LogP contribution in [0.3, 0.4) is 0 Å². The average Bonchev–Trinajstić information content (AvgIpc) is 3.77. The summed E-state index contributed by atoms with van der Waals surface area (Å²) in [6, 6.07) is 44.8. The van der Waals surface area contributed by atoms with E-state index in [0.717, 1.165) is 36.0 Å². The van der Waals surface area contributed by atoms with Gasteiger partial charge in [-0.3, -0.25) is 4.79 Å². The van der Waals surface area contributed by atoms with E-state index in [1.165, 1.54) is 21.9 Å². The van der Waals surface area contributed by atoms with Crippen molar-refractivity contribution in [3.8, 4) is 23.0 Å². The smallest absolute Gasteiger partial charge is 0.424 e. The zero-order valence-electron chi connectivity index (χ0n) is 33.4. The maximum Gasteiger partial charge on any atom is 0.424 e. The van der Waals surface area contributed by atoms with E-state index in [1.54, 1.807) is 61.7 Å². The van der Waals surface area contributed by atoms with Crippen LogP contribution in [0.2, 0.25) is 0 Å². The largest absolute Gasteiger partial charge is 0.497 e. The minimum Gasteiger partial charge on any atom is -0.497 e. The minimum absolute atomic E-state index is 0.000825. The van der Waals surface area contributed by atoms with E-state index in [1.807, 2.05) is 111 Å². The number of para-hydroxylation sites is 4. The summed E-state index contributed by atoms with van der Waals surface area (Å²) in [5.74, 6) is 0.0492. The molecule has 0 spiro atoms. The zero-order chi connectivity index (χ0) is 41.6. The molecule has 1 aliphatic rings. The lowest BCUT2D eigenvalue weighted by Crippen LogP contribution is -2.30. The lowest BCUT2D eigenvalue weighted by molar-refractivity contribution is 0.101. The van der Waals surface area contributed by atoms with Crippen molar-refractivity contribution in [1.29, 1.82) is 0 Å². The fourth-order valence-electron chi connectivity index (χ4n) is 7.14. The van der Waals surface area contributed by atoms with Crippen LogP contribution in [0, 0.1) is 0 Å². The second kappa shape index (κ2) is 17.5. The van der Waals surface area contributed by atoms with Crippen LogP contribution in [-0.4, -0.2) is 55.2 Å². The Kier molecular flexibility index (Phi) is 11.4. The highest BCUT2D eigenvalue weighted by Gasteiger charge is 2.35. The molecule has 0 saturated carbocycles. The summed E-state index contributed by atoms with van der Waals surface area (Å²) in [6.07, 6.45) is 3.03. The first-order valence-electron chi connectivity index (χ1n) is 19.5. The number of nitrogens with zero attached hydrogens (tertiary/aromatic N) is 4. The number of hydrogen-bond acceptors (Lipinski definition) is 8. The first-order chi connectivity index (χ1) is 29.3. The molecule has 11 nitrogen and oxygen atoms in total. The normalized spacial score (nSPS) is 12.6. The van der Waals surface area contributed by atoms with Gasteiger partial charge in [0.05, 0.1) is 29.9 Å². The quantitative estimate of drug-likeness (QED) is 0.113. The molecule has 7 aromatic rings. The van der Waals surface area contributed by atoms with Crippen molar-refractivity contribution in [2.75, 3.05) is 37.5 Å². The van der Waals surface area contributed by atoms with E-state index < -0.39 is 18.0 Å². The fourth-order valence-corrected chi connectivity index (χ4v) is 7.14. The Morgan fingerprint density at radius 2 is 1.20 bits per heavy atom. The molecule has 0 aliphatic carbocycles. The maximum atomic E-state index is 14.5. The average molecular weight is 799 g/mol. The maximum absolute atomic E-state index is 14.5. The summed E-state index contributed by atoms with van der Waals surface area (Å²) >= 11 is 0. The third kappa shape index (κ3) is 8.33. The molecular weight excluding hydrogens is 757 g/mol. The second-order valence-corrected chi connectivity index (χ2v) is 14.3. The topological polar surface area (TPSA) is 103 Å². The van der Waals surface area contributed by atoms with Crippen molar-refractivity contribution in [2.24, 2.45) is 0 Å². The van der Waals surface area contributed by atoms with Crippen molar-refractivity contribution in [3.63, 3.8) is 0 Å². The number of hydrogen-bond donors (Lipinski definition) is 0. The van der Waals surface area contributed by atoms with Gasteiger partial charge in [-0.05, 0) is 99.9 Å². The predicted octanol–water partition coefficient (Wildman–Crippen LogP) is 10.9. The van der Waals surface area contributed by atoms with Gasteiger partial charge in [-0.2, -0.15) is 0 Å². The number of benzene rings is 6. The van der Waals surface area contributed by atoms with Crippen molar-refractivity contribution in [2.45, 2.75) is 13.0 Å². The molecule has 6 aromatic carbocycles. The van der Waals surface area contributed by atoms with Crippen LogP contribution in [0.15, 0.2) is 164 Å². The molecule has 0 unspecified atom stereocenters. The van der Waals surface area contributed by atoms with E-state index in [4.69, 9.17) is 18.9 Å². The Morgan fingerprint density at radius 1 is 0.667 bits per heavy atom. The van der Waals surface area contributed by atoms with Crippen LogP contribution < -0.4 is 28.7 Å². The summed E-state index contributed by atoms with van der Waals surface area (Å²) in [6.45, 7) is 1.65. The number of methoxy groups -OCH3 is 1. The highest BCUT2D eigenvalue weighted by atomic mass is 16.6. The SMILES string of the molecule is COc1ccc2c(c1)c(/C=C1\Oc3cc(OC(=O)N(c4ccccc4)c4ccccc4)cc(OC(=O)N(c4ccccc4)c4ccccc4)c3C1=O)cn2CCCN(C)C. The number of carbonyl (C=O) groups is 3. The van der Waals surface area contributed by atoms with Crippen LogP contribution in [0.5, 0.6) is 23.0 Å². The molecule has 1 aromatic heterocycles. The van der Waals surface area contributed by atoms with Gasteiger partial charge in [0, 0.05) is 41.3 Å². The number of Topliss-reactive ketones (excluding diaryl/α,β-unsaturated/α-hetero) is 1. The Hall–Kier alpha value is -7.63. The molecule has 0 radical (unpaired) electrons. The first-order valence-corrected chi connectivity index (χ1v) is 19.5. The van der Waals surface area contributed by atoms with Gasteiger partial charge in [0.2, 0.25) is 5.78 Å². The summed E-state index contributed by atoms with van der Waals surface area (Å²) < 4.78 is 26.2.